The second kappa shape index (κ2) is 9.95. The molecular formula is C44H29NS2. The standard InChI is InChI=1S/C44H29NS2/c1-44(2)37-18-5-3-12-30(37)31-21-20-27(25-38(31)44)26-10-7-11-28(24-26)29-14-8-16-34-35-22-23-39(45-43(35)47-41(29)34)36-17-9-15-33-32-13-4-6-19-40(32)46-42(33)36/h3-25H,1-2H3. The molecule has 0 bridgehead atoms. The molecule has 6 aromatic carbocycles. The highest BCUT2D eigenvalue weighted by atomic mass is 32.1. The Morgan fingerprint density at radius 1 is 0.447 bits per heavy atom. The van der Waals surface area contributed by atoms with Gasteiger partial charge in [0.15, 0.2) is 0 Å². The SMILES string of the molecule is CC1(C)c2ccccc2-c2ccc(-c3cccc(-c4cccc5c4sc4nc(-c6cccc7c6sc6ccccc67)ccc45)c3)cc21. The van der Waals surface area contributed by atoms with E-state index in [9.17, 15) is 0 Å². The Morgan fingerprint density at radius 3 is 2.02 bits per heavy atom. The Labute approximate surface area is 281 Å². The maximum absolute atomic E-state index is 5.29. The van der Waals surface area contributed by atoms with Crippen molar-refractivity contribution in [2.75, 3.05) is 0 Å². The van der Waals surface area contributed by atoms with Gasteiger partial charge in [-0.3, -0.25) is 0 Å². The topological polar surface area (TPSA) is 12.9 Å². The van der Waals surface area contributed by atoms with Gasteiger partial charge in [0.25, 0.3) is 0 Å². The summed E-state index contributed by atoms with van der Waals surface area (Å²) >= 11 is 3.66. The molecule has 9 aromatic rings. The number of hydrogen-bond acceptors (Lipinski definition) is 3. The Morgan fingerprint density at radius 2 is 1.11 bits per heavy atom. The van der Waals surface area contributed by atoms with Gasteiger partial charge >= 0.3 is 0 Å². The molecule has 3 heteroatoms. The lowest BCUT2D eigenvalue weighted by Crippen LogP contribution is -2.14. The zero-order valence-corrected chi connectivity index (χ0v) is 27.7. The van der Waals surface area contributed by atoms with Gasteiger partial charge in [-0.05, 0) is 74.8 Å². The van der Waals surface area contributed by atoms with Gasteiger partial charge in [-0.1, -0.05) is 123 Å². The number of rotatable bonds is 3. The van der Waals surface area contributed by atoms with Crippen LogP contribution in [-0.4, -0.2) is 4.98 Å². The summed E-state index contributed by atoms with van der Waals surface area (Å²) in [5, 5.41) is 5.11. The summed E-state index contributed by atoms with van der Waals surface area (Å²) in [6.45, 7) is 4.70. The van der Waals surface area contributed by atoms with Crippen molar-refractivity contribution in [3.63, 3.8) is 0 Å². The van der Waals surface area contributed by atoms with Gasteiger partial charge in [-0.2, -0.15) is 0 Å². The van der Waals surface area contributed by atoms with Crippen molar-refractivity contribution in [3.05, 3.63) is 151 Å². The molecule has 0 fully saturated rings. The molecule has 0 saturated heterocycles. The Bertz CT molecular complexity index is 2720. The number of aromatic nitrogens is 1. The van der Waals surface area contributed by atoms with E-state index in [1.165, 1.54) is 85.7 Å². The molecule has 3 aromatic heterocycles. The van der Waals surface area contributed by atoms with Crippen LogP contribution in [0.4, 0.5) is 0 Å². The highest BCUT2D eigenvalue weighted by molar-refractivity contribution is 7.26. The smallest absolute Gasteiger partial charge is 0.125 e. The predicted octanol–water partition coefficient (Wildman–Crippen LogP) is 13.1. The monoisotopic (exact) mass is 635 g/mol. The zero-order valence-electron chi connectivity index (χ0n) is 26.0. The van der Waals surface area contributed by atoms with E-state index >= 15 is 0 Å². The first-order chi connectivity index (χ1) is 23.0. The number of thiophene rings is 2. The van der Waals surface area contributed by atoms with Gasteiger partial charge in [-0.25, -0.2) is 4.98 Å². The van der Waals surface area contributed by atoms with Crippen LogP contribution in [0.15, 0.2) is 140 Å². The van der Waals surface area contributed by atoms with Crippen LogP contribution in [0.3, 0.4) is 0 Å². The quantitative estimate of drug-likeness (QED) is 0.188. The van der Waals surface area contributed by atoms with E-state index in [2.05, 4.69) is 153 Å². The molecule has 0 spiro atoms. The fourth-order valence-electron chi connectivity index (χ4n) is 7.76. The highest BCUT2D eigenvalue weighted by Crippen LogP contribution is 2.50. The lowest BCUT2D eigenvalue weighted by Gasteiger charge is -2.22. The van der Waals surface area contributed by atoms with E-state index in [-0.39, 0.29) is 5.41 Å². The van der Waals surface area contributed by atoms with Crippen molar-refractivity contribution in [1.29, 1.82) is 0 Å². The molecule has 222 valence electrons. The predicted molar refractivity (Wildman–Crippen MR) is 204 cm³/mol. The summed E-state index contributed by atoms with van der Waals surface area (Å²) < 4.78 is 3.91. The highest BCUT2D eigenvalue weighted by Gasteiger charge is 2.35. The maximum atomic E-state index is 5.29. The van der Waals surface area contributed by atoms with E-state index in [1.807, 2.05) is 11.3 Å². The second-order valence-corrected chi connectivity index (χ2v) is 15.2. The van der Waals surface area contributed by atoms with Crippen molar-refractivity contribution in [1.82, 2.24) is 4.98 Å². The molecule has 0 saturated carbocycles. The van der Waals surface area contributed by atoms with Crippen LogP contribution in [0.5, 0.6) is 0 Å². The lowest BCUT2D eigenvalue weighted by molar-refractivity contribution is 0.660. The number of pyridine rings is 1. The van der Waals surface area contributed by atoms with Crippen molar-refractivity contribution in [3.8, 4) is 44.6 Å². The lowest BCUT2D eigenvalue weighted by atomic mass is 9.81. The van der Waals surface area contributed by atoms with Crippen LogP contribution in [0.1, 0.15) is 25.0 Å². The summed E-state index contributed by atoms with van der Waals surface area (Å²) in [7, 11) is 0. The molecule has 0 N–H and O–H groups in total. The molecule has 47 heavy (non-hydrogen) atoms. The average Bonchev–Trinajstić information content (AvgIpc) is 3.76. The minimum atomic E-state index is -0.0173. The van der Waals surface area contributed by atoms with E-state index in [0.717, 1.165) is 10.5 Å². The summed E-state index contributed by atoms with van der Waals surface area (Å²) in [6, 6.07) is 51.4. The first kappa shape index (κ1) is 27.1. The maximum Gasteiger partial charge on any atom is 0.125 e. The first-order valence-electron chi connectivity index (χ1n) is 16.1. The molecule has 1 nitrogen and oxygen atoms in total. The Balaban J connectivity index is 1.07. The van der Waals surface area contributed by atoms with Crippen molar-refractivity contribution in [2.24, 2.45) is 0 Å². The number of nitrogens with zero attached hydrogens (tertiary/aromatic N) is 1. The van der Waals surface area contributed by atoms with Crippen molar-refractivity contribution in [2.45, 2.75) is 19.3 Å². The largest absolute Gasteiger partial charge is 0.237 e. The molecule has 0 radical (unpaired) electrons. The second-order valence-electron chi connectivity index (χ2n) is 13.1. The van der Waals surface area contributed by atoms with E-state index in [4.69, 9.17) is 4.98 Å². The van der Waals surface area contributed by atoms with Gasteiger partial charge in [0, 0.05) is 46.6 Å². The fourth-order valence-corrected chi connectivity index (χ4v) is 10.2. The van der Waals surface area contributed by atoms with Crippen molar-refractivity contribution < 1.29 is 0 Å². The third kappa shape index (κ3) is 3.97. The summed E-state index contributed by atoms with van der Waals surface area (Å²) in [5.41, 5.74) is 12.8. The van der Waals surface area contributed by atoms with Gasteiger partial charge in [0.1, 0.15) is 4.83 Å². The first-order valence-corrected chi connectivity index (χ1v) is 17.8. The van der Waals surface area contributed by atoms with Gasteiger partial charge < -0.3 is 0 Å². The minimum absolute atomic E-state index is 0.0173. The molecule has 0 amide bonds. The summed E-state index contributed by atoms with van der Waals surface area (Å²) in [4.78, 5) is 6.38. The van der Waals surface area contributed by atoms with Crippen molar-refractivity contribution >= 4 is 63.1 Å². The van der Waals surface area contributed by atoms with Crippen LogP contribution >= 0.6 is 22.7 Å². The average molecular weight is 636 g/mol. The third-order valence-electron chi connectivity index (χ3n) is 10.1. The molecular weight excluding hydrogens is 607 g/mol. The normalized spacial score (nSPS) is 13.5. The number of benzene rings is 6. The zero-order chi connectivity index (χ0) is 31.3. The number of hydrogen-bond donors (Lipinski definition) is 0. The van der Waals surface area contributed by atoms with Crippen LogP contribution in [0.2, 0.25) is 0 Å². The van der Waals surface area contributed by atoms with Crippen LogP contribution in [-0.2, 0) is 5.41 Å². The summed E-state index contributed by atoms with van der Waals surface area (Å²) in [5.74, 6) is 0. The Kier molecular flexibility index (Phi) is 5.73. The van der Waals surface area contributed by atoms with E-state index < -0.39 is 0 Å². The summed E-state index contributed by atoms with van der Waals surface area (Å²) in [6.07, 6.45) is 0. The van der Waals surface area contributed by atoms with Crippen LogP contribution < -0.4 is 0 Å². The van der Waals surface area contributed by atoms with Crippen LogP contribution in [0, 0.1) is 0 Å². The fraction of sp³-hybridized carbons (Fsp3) is 0.0682. The number of fused-ring (bicyclic) bond motifs is 9. The Hall–Kier alpha value is -5.09. The molecule has 10 rings (SSSR count). The van der Waals surface area contributed by atoms with E-state index in [1.54, 1.807) is 11.3 Å². The van der Waals surface area contributed by atoms with E-state index in [0.29, 0.717) is 0 Å². The molecule has 0 aliphatic heterocycles. The molecule has 0 unspecified atom stereocenters. The van der Waals surface area contributed by atoms with Gasteiger partial charge in [-0.15, -0.1) is 22.7 Å². The molecule has 3 heterocycles. The van der Waals surface area contributed by atoms with Gasteiger partial charge in [0.2, 0.25) is 0 Å². The molecule has 1 aliphatic rings. The third-order valence-corrected chi connectivity index (χ3v) is 12.5. The molecule has 0 atom stereocenters. The van der Waals surface area contributed by atoms with Gasteiger partial charge in [0.05, 0.1) is 5.69 Å². The minimum Gasteiger partial charge on any atom is -0.237 e. The van der Waals surface area contributed by atoms with Crippen LogP contribution in [0.25, 0.3) is 85.1 Å². The molecule has 1 aliphatic carbocycles.